The second kappa shape index (κ2) is 4.45. The Hall–Kier alpha value is -2.42. The number of aryl methyl sites for hydroxylation is 1. The smallest absolute Gasteiger partial charge is 0.0930 e. The molecule has 0 amide bonds. The van der Waals surface area contributed by atoms with Crippen LogP contribution in [-0.4, -0.2) is 15.2 Å². The van der Waals surface area contributed by atoms with Crippen LogP contribution in [0, 0.1) is 6.92 Å². The minimum atomic E-state index is 0.907. The molecule has 3 nitrogen and oxygen atoms in total. The quantitative estimate of drug-likeness (QED) is 0.739. The fraction of sp³-hybridized carbons (Fsp3) is 0.0667. The van der Waals surface area contributed by atoms with Crippen LogP contribution >= 0.6 is 0 Å². The first-order valence-corrected chi connectivity index (χ1v) is 5.87. The van der Waals surface area contributed by atoms with Crippen molar-refractivity contribution >= 4 is 0 Å². The van der Waals surface area contributed by atoms with E-state index in [1.807, 2.05) is 36.4 Å². The van der Waals surface area contributed by atoms with Gasteiger partial charge in [0.2, 0.25) is 0 Å². The molecule has 0 spiro atoms. The Morgan fingerprint density at radius 3 is 2.56 bits per heavy atom. The molecule has 0 aliphatic carbocycles. The van der Waals surface area contributed by atoms with Gasteiger partial charge in [0.25, 0.3) is 0 Å². The average Bonchev–Trinajstić information content (AvgIpc) is 2.90. The molecule has 3 rings (SSSR count). The lowest BCUT2D eigenvalue weighted by Crippen LogP contribution is -1.81. The van der Waals surface area contributed by atoms with Gasteiger partial charge in [-0.3, -0.25) is 10.1 Å². The first kappa shape index (κ1) is 10.7. The van der Waals surface area contributed by atoms with Gasteiger partial charge in [-0.2, -0.15) is 5.10 Å². The molecule has 0 fully saturated rings. The predicted octanol–water partition coefficient (Wildman–Crippen LogP) is 3.45. The Labute approximate surface area is 106 Å². The summed E-state index contributed by atoms with van der Waals surface area (Å²) in [6.07, 6.45) is 1.78. The summed E-state index contributed by atoms with van der Waals surface area (Å²) >= 11 is 0. The third-order valence-corrected chi connectivity index (χ3v) is 2.94. The van der Waals surface area contributed by atoms with Gasteiger partial charge in [0.15, 0.2) is 0 Å². The number of benzene rings is 1. The number of rotatable bonds is 2. The summed E-state index contributed by atoms with van der Waals surface area (Å²) in [7, 11) is 0. The van der Waals surface area contributed by atoms with Crippen LogP contribution in [0.4, 0.5) is 0 Å². The predicted molar refractivity (Wildman–Crippen MR) is 72.0 cm³/mol. The first-order valence-electron chi connectivity index (χ1n) is 5.87. The number of pyridine rings is 1. The third kappa shape index (κ3) is 1.91. The van der Waals surface area contributed by atoms with Crippen molar-refractivity contribution in [3.8, 4) is 22.6 Å². The maximum atomic E-state index is 4.36. The normalized spacial score (nSPS) is 10.5. The molecule has 0 unspecified atom stereocenters. The highest BCUT2D eigenvalue weighted by Gasteiger charge is 2.07. The van der Waals surface area contributed by atoms with Crippen molar-refractivity contribution in [3.63, 3.8) is 0 Å². The van der Waals surface area contributed by atoms with Gasteiger partial charge in [-0.15, -0.1) is 0 Å². The van der Waals surface area contributed by atoms with Crippen molar-refractivity contribution in [2.75, 3.05) is 0 Å². The summed E-state index contributed by atoms with van der Waals surface area (Å²) in [6.45, 7) is 2.09. The average molecular weight is 235 g/mol. The van der Waals surface area contributed by atoms with Crippen molar-refractivity contribution in [1.82, 2.24) is 15.2 Å². The SMILES string of the molecule is Cc1ccccc1-c1cc(-c2ccccn2)[nH]n1. The summed E-state index contributed by atoms with van der Waals surface area (Å²) < 4.78 is 0. The second-order valence-corrected chi connectivity index (χ2v) is 4.20. The molecule has 0 atom stereocenters. The van der Waals surface area contributed by atoms with Gasteiger partial charge in [-0.1, -0.05) is 30.3 Å². The Kier molecular flexibility index (Phi) is 2.65. The highest BCUT2D eigenvalue weighted by atomic mass is 15.1. The fourth-order valence-corrected chi connectivity index (χ4v) is 1.97. The van der Waals surface area contributed by atoms with E-state index in [4.69, 9.17) is 0 Å². The number of hydrogen-bond donors (Lipinski definition) is 1. The molecule has 0 saturated heterocycles. The van der Waals surface area contributed by atoms with Gasteiger partial charge < -0.3 is 0 Å². The molecule has 88 valence electrons. The molecule has 2 heterocycles. The van der Waals surface area contributed by atoms with E-state index in [9.17, 15) is 0 Å². The Bertz CT molecular complexity index is 656. The van der Waals surface area contributed by atoms with Crippen molar-refractivity contribution in [2.24, 2.45) is 0 Å². The highest BCUT2D eigenvalue weighted by molar-refractivity contribution is 5.68. The number of H-pyrrole nitrogens is 1. The number of aromatic amines is 1. The maximum Gasteiger partial charge on any atom is 0.0930 e. The zero-order valence-electron chi connectivity index (χ0n) is 10.1. The zero-order valence-corrected chi connectivity index (χ0v) is 10.1. The molecule has 2 aromatic heterocycles. The van der Waals surface area contributed by atoms with Crippen LogP contribution < -0.4 is 0 Å². The largest absolute Gasteiger partial charge is 0.276 e. The Morgan fingerprint density at radius 1 is 0.944 bits per heavy atom. The minimum Gasteiger partial charge on any atom is -0.276 e. The van der Waals surface area contributed by atoms with E-state index in [1.54, 1.807) is 6.20 Å². The van der Waals surface area contributed by atoms with Crippen LogP contribution in [0.1, 0.15) is 5.56 Å². The minimum absolute atomic E-state index is 0.907. The lowest BCUT2D eigenvalue weighted by molar-refractivity contribution is 1.09. The molecule has 0 aliphatic rings. The van der Waals surface area contributed by atoms with Crippen molar-refractivity contribution in [3.05, 3.63) is 60.3 Å². The van der Waals surface area contributed by atoms with Crippen LogP contribution in [0.3, 0.4) is 0 Å². The third-order valence-electron chi connectivity index (χ3n) is 2.94. The summed E-state index contributed by atoms with van der Waals surface area (Å²) in [5.41, 5.74) is 5.17. The maximum absolute atomic E-state index is 4.36. The van der Waals surface area contributed by atoms with E-state index in [-0.39, 0.29) is 0 Å². The summed E-state index contributed by atoms with van der Waals surface area (Å²) in [5, 5.41) is 7.39. The van der Waals surface area contributed by atoms with E-state index in [0.29, 0.717) is 0 Å². The van der Waals surface area contributed by atoms with Crippen molar-refractivity contribution in [2.45, 2.75) is 6.92 Å². The van der Waals surface area contributed by atoms with Gasteiger partial charge in [0, 0.05) is 11.8 Å². The van der Waals surface area contributed by atoms with E-state index in [0.717, 1.165) is 22.6 Å². The van der Waals surface area contributed by atoms with Gasteiger partial charge >= 0.3 is 0 Å². The molecule has 18 heavy (non-hydrogen) atoms. The molecule has 3 aromatic rings. The van der Waals surface area contributed by atoms with Crippen LogP contribution in [0.2, 0.25) is 0 Å². The number of hydrogen-bond acceptors (Lipinski definition) is 2. The van der Waals surface area contributed by atoms with E-state index >= 15 is 0 Å². The molecule has 0 bridgehead atoms. The molecular formula is C15H13N3. The fourth-order valence-electron chi connectivity index (χ4n) is 1.97. The second-order valence-electron chi connectivity index (χ2n) is 4.20. The van der Waals surface area contributed by atoms with Gasteiger partial charge in [-0.25, -0.2) is 0 Å². The summed E-state index contributed by atoms with van der Waals surface area (Å²) in [6, 6.07) is 16.1. The van der Waals surface area contributed by atoms with Gasteiger partial charge in [-0.05, 0) is 30.7 Å². The van der Waals surface area contributed by atoms with E-state index in [2.05, 4.69) is 34.2 Å². The molecule has 3 heteroatoms. The van der Waals surface area contributed by atoms with Gasteiger partial charge in [0.1, 0.15) is 0 Å². The lowest BCUT2D eigenvalue weighted by atomic mass is 10.1. The Balaban J connectivity index is 2.03. The standard InChI is InChI=1S/C15H13N3/c1-11-6-2-3-7-12(11)14-10-15(18-17-14)13-8-4-5-9-16-13/h2-10H,1H3,(H,17,18). The lowest BCUT2D eigenvalue weighted by Gasteiger charge is -1.99. The van der Waals surface area contributed by atoms with E-state index < -0.39 is 0 Å². The zero-order chi connectivity index (χ0) is 12.4. The number of nitrogens with zero attached hydrogens (tertiary/aromatic N) is 2. The van der Waals surface area contributed by atoms with Crippen LogP contribution in [0.25, 0.3) is 22.6 Å². The monoisotopic (exact) mass is 235 g/mol. The van der Waals surface area contributed by atoms with Crippen LogP contribution in [-0.2, 0) is 0 Å². The molecule has 0 aliphatic heterocycles. The summed E-state index contributed by atoms with van der Waals surface area (Å²) in [5.74, 6) is 0. The molecule has 0 radical (unpaired) electrons. The number of nitrogens with one attached hydrogen (secondary N) is 1. The first-order chi connectivity index (χ1) is 8.84. The Morgan fingerprint density at radius 2 is 1.78 bits per heavy atom. The van der Waals surface area contributed by atoms with Crippen molar-refractivity contribution < 1.29 is 0 Å². The van der Waals surface area contributed by atoms with Crippen LogP contribution in [0.15, 0.2) is 54.7 Å². The number of aromatic nitrogens is 3. The molecule has 1 N–H and O–H groups in total. The topological polar surface area (TPSA) is 41.6 Å². The van der Waals surface area contributed by atoms with E-state index in [1.165, 1.54) is 5.56 Å². The molecular weight excluding hydrogens is 222 g/mol. The molecule has 1 aromatic carbocycles. The van der Waals surface area contributed by atoms with Crippen LogP contribution in [0.5, 0.6) is 0 Å². The van der Waals surface area contributed by atoms with Crippen molar-refractivity contribution in [1.29, 1.82) is 0 Å². The highest BCUT2D eigenvalue weighted by Crippen LogP contribution is 2.24. The summed E-state index contributed by atoms with van der Waals surface area (Å²) in [4.78, 5) is 4.31. The van der Waals surface area contributed by atoms with Gasteiger partial charge in [0.05, 0.1) is 17.1 Å². The molecule has 0 saturated carbocycles.